The van der Waals surface area contributed by atoms with Crippen LogP contribution < -0.4 is 15.4 Å². The van der Waals surface area contributed by atoms with Gasteiger partial charge in [-0.3, -0.25) is 9.48 Å². The van der Waals surface area contributed by atoms with Crippen LogP contribution in [0.5, 0.6) is 5.75 Å². The van der Waals surface area contributed by atoms with E-state index in [9.17, 15) is 9.90 Å². The van der Waals surface area contributed by atoms with E-state index in [0.29, 0.717) is 34.9 Å². The summed E-state index contributed by atoms with van der Waals surface area (Å²) in [5.74, 6) is 0.444. The van der Waals surface area contributed by atoms with E-state index in [0.717, 1.165) is 29.8 Å². The van der Waals surface area contributed by atoms with E-state index in [1.165, 1.54) is 0 Å². The lowest BCUT2D eigenvalue weighted by Crippen LogP contribution is -2.29. The van der Waals surface area contributed by atoms with Crippen LogP contribution in [0.25, 0.3) is 28.3 Å². The summed E-state index contributed by atoms with van der Waals surface area (Å²) in [5.41, 5.74) is 3.94. The Bertz CT molecular complexity index is 1400. The number of nitrogens with zero attached hydrogens (tertiary/aromatic N) is 5. The van der Waals surface area contributed by atoms with Crippen molar-refractivity contribution in [3.63, 3.8) is 0 Å². The Morgan fingerprint density at radius 2 is 2.03 bits per heavy atom. The third-order valence-electron chi connectivity index (χ3n) is 5.91. The average molecular weight is 476 g/mol. The predicted octanol–water partition coefficient (Wildman–Crippen LogP) is 2.88. The number of anilines is 1. The number of carbonyl (C=O) groups excluding carboxylic acids is 1. The van der Waals surface area contributed by atoms with Crippen LogP contribution in [0.1, 0.15) is 37.0 Å². The molecular weight excluding hydrogens is 446 g/mol. The van der Waals surface area contributed by atoms with Crippen LogP contribution in [0, 0.1) is 0 Å². The molecule has 1 aliphatic rings. The number of aryl methyl sites for hydroxylation is 1. The number of aromatic nitrogens is 5. The van der Waals surface area contributed by atoms with Crippen LogP contribution in [0.2, 0.25) is 0 Å². The summed E-state index contributed by atoms with van der Waals surface area (Å²) in [6, 6.07) is 9.44. The van der Waals surface area contributed by atoms with Crippen LogP contribution >= 0.6 is 0 Å². The van der Waals surface area contributed by atoms with Gasteiger partial charge in [-0.1, -0.05) is 0 Å². The van der Waals surface area contributed by atoms with Crippen molar-refractivity contribution in [1.82, 2.24) is 29.7 Å². The van der Waals surface area contributed by atoms with Crippen molar-refractivity contribution < 1.29 is 14.6 Å². The van der Waals surface area contributed by atoms with Gasteiger partial charge in [0, 0.05) is 37.0 Å². The molecule has 182 valence electrons. The highest BCUT2D eigenvalue weighted by Gasteiger charge is 2.25. The van der Waals surface area contributed by atoms with Crippen LogP contribution in [-0.2, 0) is 7.05 Å². The Balaban J connectivity index is 1.61. The maximum Gasteiger partial charge on any atom is 0.251 e. The molecule has 1 fully saturated rings. The summed E-state index contributed by atoms with van der Waals surface area (Å²) in [6.07, 6.45) is 5.50. The molecule has 0 spiro atoms. The van der Waals surface area contributed by atoms with Crippen molar-refractivity contribution in [2.24, 2.45) is 7.05 Å². The fourth-order valence-corrected chi connectivity index (χ4v) is 3.88. The van der Waals surface area contributed by atoms with Crippen molar-refractivity contribution >= 4 is 17.2 Å². The van der Waals surface area contributed by atoms with Crippen LogP contribution in [-0.4, -0.2) is 60.7 Å². The first-order chi connectivity index (χ1) is 16.7. The summed E-state index contributed by atoms with van der Waals surface area (Å²) in [6.45, 7) is 3.81. The molecule has 5 rings (SSSR count). The minimum atomic E-state index is -0.914. The largest absolute Gasteiger partial charge is 0.496 e. The number of carbonyl (C=O) groups is 1. The number of rotatable bonds is 8. The minimum Gasteiger partial charge on any atom is -0.496 e. The molecule has 3 heterocycles. The molecule has 10 nitrogen and oxygen atoms in total. The maximum atomic E-state index is 12.5. The molecule has 10 heteroatoms. The summed E-state index contributed by atoms with van der Waals surface area (Å²) >= 11 is 0. The molecule has 0 atom stereocenters. The molecule has 0 unspecified atom stereocenters. The maximum absolute atomic E-state index is 12.5. The molecule has 4 aromatic rings. The zero-order valence-electron chi connectivity index (χ0n) is 20.2. The molecule has 0 bridgehead atoms. The summed E-state index contributed by atoms with van der Waals surface area (Å²) in [7, 11) is 3.43. The zero-order chi connectivity index (χ0) is 24.7. The lowest BCUT2D eigenvalue weighted by molar-refractivity contribution is 0.0940. The first kappa shape index (κ1) is 22.9. The first-order valence-corrected chi connectivity index (χ1v) is 11.6. The number of ether oxygens (including phenoxy) is 1. The molecule has 0 saturated heterocycles. The number of nitrogens with one attached hydrogen (secondary N) is 2. The Morgan fingerprint density at radius 1 is 1.23 bits per heavy atom. The number of imidazole rings is 1. The van der Waals surface area contributed by atoms with E-state index >= 15 is 0 Å². The lowest BCUT2D eigenvalue weighted by Gasteiger charge is -2.19. The van der Waals surface area contributed by atoms with E-state index in [-0.39, 0.29) is 11.9 Å². The van der Waals surface area contributed by atoms with Gasteiger partial charge in [-0.2, -0.15) is 10.2 Å². The van der Waals surface area contributed by atoms with Crippen LogP contribution in [0.3, 0.4) is 0 Å². The van der Waals surface area contributed by atoms with Gasteiger partial charge in [-0.25, -0.2) is 9.50 Å². The van der Waals surface area contributed by atoms with Gasteiger partial charge in [-0.15, -0.1) is 0 Å². The normalized spacial score (nSPS) is 13.7. The highest BCUT2D eigenvalue weighted by atomic mass is 16.5. The van der Waals surface area contributed by atoms with E-state index in [4.69, 9.17) is 9.84 Å². The summed E-state index contributed by atoms with van der Waals surface area (Å²) in [5, 5.41) is 25.7. The number of fused-ring (bicyclic) bond motifs is 1. The third-order valence-corrected chi connectivity index (χ3v) is 5.91. The fourth-order valence-electron chi connectivity index (χ4n) is 3.88. The van der Waals surface area contributed by atoms with E-state index in [1.54, 1.807) is 54.7 Å². The lowest BCUT2D eigenvalue weighted by atomic mass is 10.1. The van der Waals surface area contributed by atoms with Crippen molar-refractivity contribution in [2.75, 3.05) is 19.0 Å². The third kappa shape index (κ3) is 4.69. The van der Waals surface area contributed by atoms with Crippen molar-refractivity contribution in [3.8, 4) is 28.4 Å². The standard InChI is InChI=1S/C25H29N7O3/c1-25(2,34)14-27-19-12-18(20-9-10-28-31(20)3)30-32-21(13-26-23(19)32)17-8-5-15(11-22(17)35-4)24(33)29-16-6-7-16/h5,8-13,16,27,34H,6-7,14H2,1-4H3,(H,29,33). The highest BCUT2D eigenvalue weighted by molar-refractivity contribution is 5.96. The zero-order valence-corrected chi connectivity index (χ0v) is 20.2. The summed E-state index contributed by atoms with van der Waals surface area (Å²) in [4.78, 5) is 17.2. The molecule has 35 heavy (non-hydrogen) atoms. The molecule has 3 aromatic heterocycles. The van der Waals surface area contributed by atoms with Gasteiger partial charge in [0.1, 0.15) is 11.4 Å². The monoisotopic (exact) mass is 475 g/mol. The van der Waals surface area contributed by atoms with Crippen molar-refractivity contribution in [3.05, 3.63) is 48.3 Å². The molecule has 3 N–H and O–H groups in total. The minimum absolute atomic E-state index is 0.106. The molecule has 1 saturated carbocycles. The van der Waals surface area contributed by atoms with E-state index in [1.807, 2.05) is 25.2 Å². The molecule has 1 aliphatic carbocycles. The molecule has 1 aromatic carbocycles. The molecule has 1 amide bonds. The van der Waals surface area contributed by atoms with Gasteiger partial charge in [0.25, 0.3) is 5.91 Å². The fraction of sp³-hybridized carbons (Fsp3) is 0.360. The quantitative estimate of drug-likeness (QED) is 0.359. The van der Waals surface area contributed by atoms with Gasteiger partial charge >= 0.3 is 0 Å². The molecule has 0 radical (unpaired) electrons. The Kier molecular flexibility index (Phi) is 5.68. The predicted molar refractivity (Wildman–Crippen MR) is 132 cm³/mol. The average Bonchev–Trinajstić information content (AvgIpc) is 3.37. The number of methoxy groups -OCH3 is 1. The van der Waals surface area contributed by atoms with E-state index < -0.39 is 5.60 Å². The first-order valence-electron chi connectivity index (χ1n) is 11.6. The van der Waals surface area contributed by atoms with Gasteiger partial charge in [-0.05, 0) is 57.0 Å². The second-order valence-electron chi connectivity index (χ2n) is 9.49. The Hall–Kier alpha value is -3.92. The number of aliphatic hydroxyl groups is 1. The van der Waals surface area contributed by atoms with Crippen molar-refractivity contribution in [2.45, 2.75) is 38.3 Å². The smallest absolute Gasteiger partial charge is 0.251 e. The molecule has 0 aliphatic heterocycles. The Morgan fingerprint density at radius 3 is 2.69 bits per heavy atom. The highest BCUT2D eigenvalue weighted by Crippen LogP contribution is 2.34. The number of amides is 1. The molecular formula is C25H29N7O3. The second-order valence-corrected chi connectivity index (χ2v) is 9.49. The van der Waals surface area contributed by atoms with Gasteiger partial charge < -0.3 is 20.5 Å². The van der Waals surface area contributed by atoms with Gasteiger partial charge in [0.05, 0.1) is 36.0 Å². The van der Waals surface area contributed by atoms with Gasteiger partial charge in [0.15, 0.2) is 5.65 Å². The topological polar surface area (TPSA) is 119 Å². The van der Waals surface area contributed by atoms with Crippen LogP contribution in [0.15, 0.2) is 42.7 Å². The van der Waals surface area contributed by atoms with Crippen LogP contribution in [0.4, 0.5) is 5.69 Å². The number of hydrogen-bond donors (Lipinski definition) is 3. The SMILES string of the molecule is COc1cc(C(=O)NC2CC2)ccc1-c1cnc2c(NCC(C)(C)O)cc(-c3ccnn3C)nn12. The van der Waals surface area contributed by atoms with Crippen molar-refractivity contribution in [1.29, 1.82) is 0 Å². The number of hydrogen-bond acceptors (Lipinski definition) is 7. The van der Waals surface area contributed by atoms with E-state index in [2.05, 4.69) is 20.7 Å². The Labute approximate surface area is 202 Å². The summed E-state index contributed by atoms with van der Waals surface area (Å²) < 4.78 is 9.16. The second kappa shape index (κ2) is 8.70. The van der Waals surface area contributed by atoms with Gasteiger partial charge in [0.2, 0.25) is 0 Å². The number of benzene rings is 1.